The van der Waals surface area contributed by atoms with Gasteiger partial charge in [0.25, 0.3) is 0 Å². The SMILES string of the molecule is CC(C)C[C@H](N)C(=O)O.CC(C)C[C@H](N)C(=O)OC(=O)CN.CC(C)[C@H](N)C(=O)O.CC[C@H](C)[C@H](N)C(=O)O.C[C@@H](O)[C@H](N)C(=O)O.NCC(=O)O.N[C@@H](Cc1ccccc1)C(=O)O.N[C@@H](Cc1ccccc1)C(=O)O. The molecule has 0 saturated carbocycles. The number of carboxylic acid groups (broad SMARTS) is 7. The molecule has 0 aliphatic heterocycles. The fraction of sp³-hybridized carbons (Fsp3) is 0.571. The van der Waals surface area contributed by atoms with E-state index in [1.165, 1.54) is 6.92 Å². The highest BCUT2D eigenvalue weighted by Crippen LogP contribution is 2.06. The number of aliphatic hydroxyl groups excluding tert-OH is 1. The number of esters is 2. The van der Waals surface area contributed by atoms with Crippen molar-refractivity contribution in [2.24, 2.45) is 75.3 Å². The molecule has 26 N–H and O–H groups in total. The molecule has 0 aliphatic carbocycles. The van der Waals surface area contributed by atoms with Gasteiger partial charge in [-0.3, -0.25) is 38.4 Å². The lowest BCUT2D eigenvalue weighted by Crippen LogP contribution is -2.39. The van der Waals surface area contributed by atoms with Crippen LogP contribution in [0.2, 0.25) is 0 Å². The molecule has 2 rings (SSSR count). The molecule has 0 saturated heterocycles. The molecular formula is C49H89N9O18. The van der Waals surface area contributed by atoms with Crippen molar-refractivity contribution < 1.29 is 88.7 Å². The summed E-state index contributed by atoms with van der Waals surface area (Å²) in [5.41, 5.74) is 48.1. The number of ether oxygens (including phenoxy) is 1. The van der Waals surface area contributed by atoms with Crippen molar-refractivity contribution in [2.45, 2.75) is 143 Å². The summed E-state index contributed by atoms with van der Waals surface area (Å²) in [7, 11) is 0. The van der Waals surface area contributed by atoms with Gasteiger partial charge in [-0.1, -0.05) is 122 Å². The Morgan fingerprint density at radius 3 is 0.947 bits per heavy atom. The van der Waals surface area contributed by atoms with Crippen LogP contribution in [-0.4, -0.2) is 156 Å². The second kappa shape index (κ2) is 48.1. The van der Waals surface area contributed by atoms with E-state index < -0.39 is 102 Å². The first-order valence-electron chi connectivity index (χ1n) is 23.7. The summed E-state index contributed by atoms with van der Waals surface area (Å²) in [6.07, 6.45) is 1.65. The van der Waals surface area contributed by atoms with Crippen molar-refractivity contribution in [3.8, 4) is 0 Å². The maximum atomic E-state index is 11.0. The number of rotatable bonds is 21. The Bertz CT molecular complexity index is 1830. The van der Waals surface area contributed by atoms with E-state index in [0.717, 1.165) is 17.5 Å². The van der Waals surface area contributed by atoms with Crippen LogP contribution in [0.3, 0.4) is 0 Å². The second-order valence-corrected chi connectivity index (χ2v) is 17.6. The van der Waals surface area contributed by atoms with Crippen LogP contribution in [0.1, 0.15) is 92.7 Å². The molecular weight excluding hydrogens is 1000 g/mol. The zero-order valence-corrected chi connectivity index (χ0v) is 45.0. The van der Waals surface area contributed by atoms with Crippen LogP contribution in [0.15, 0.2) is 60.7 Å². The van der Waals surface area contributed by atoms with Gasteiger partial charge in [-0.25, -0.2) is 4.79 Å². The van der Waals surface area contributed by atoms with Crippen LogP contribution in [-0.2, 0) is 60.7 Å². The Hall–Kier alpha value is -6.53. The number of carbonyl (C=O) groups excluding carboxylic acids is 2. The Labute approximate surface area is 444 Å². The van der Waals surface area contributed by atoms with Crippen LogP contribution in [0.5, 0.6) is 0 Å². The summed E-state index contributed by atoms with van der Waals surface area (Å²) >= 11 is 0. The molecule has 0 bridgehead atoms. The lowest BCUT2D eigenvalue weighted by Gasteiger charge is -2.11. The minimum Gasteiger partial charge on any atom is -0.480 e. The second-order valence-electron chi connectivity index (χ2n) is 17.6. The van der Waals surface area contributed by atoms with Gasteiger partial charge in [0.2, 0.25) is 0 Å². The smallest absolute Gasteiger partial charge is 0.330 e. The average molecular weight is 1090 g/mol. The summed E-state index contributed by atoms with van der Waals surface area (Å²) in [5, 5.41) is 66.1. The van der Waals surface area contributed by atoms with E-state index in [2.05, 4.69) is 10.5 Å². The fourth-order valence-corrected chi connectivity index (χ4v) is 4.34. The lowest BCUT2D eigenvalue weighted by molar-refractivity contribution is -0.160. The summed E-state index contributed by atoms with van der Waals surface area (Å²) in [6, 6.07) is 13.1. The highest BCUT2D eigenvalue weighted by molar-refractivity contribution is 5.89. The van der Waals surface area contributed by atoms with Crippen LogP contribution < -0.4 is 51.6 Å². The number of hydrogen-bond donors (Lipinski definition) is 17. The summed E-state index contributed by atoms with van der Waals surface area (Å²) in [6.45, 7) is 15.8. The third-order valence-corrected chi connectivity index (χ3v) is 9.21. The molecule has 27 heteroatoms. The quantitative estimate of drug-likeness (QED) is 0.0549. The zero-order chi connectivity index (χ0) is 61.0. The van der Waals surface area contributed by atoms with Gasteiger partial charge in [-0.15, -0.1) is 0 Å². The van der Waals surface area contributed by atoms with Crippen LogP contribution >= 0.6 is 0 Å². The highest BCUT2D eigenvalue weighted by atomic mass is 16.6. The maximum Gasteiger partial charge on any atom is 0.330 e. The van der Waals surface area contributed by atoms with E-state index in [1.807, 2.05) is 102 Å². The third-order valence-electron chi connectivity index (χ3n) is 9.21. The first kappa shape index (κ1) is 80.8. The largest absolute Gasteiger partial charge is 0.480 e. The molecule has 2 aromatic rings. The molecule has 0 unspecified atom stereocenters. The monoisotopic (exact) mass is 1090 g/mol. The first-order valence-corrected chi connectivity index (χ1v) is 23.7. The Balaban J connectivity index is -0.000000187. The molecule has 9 atom stereocenters. The van der Waals surface area contributed by atoms with E-state index in [9.17, 15) is 43.2 Å². The van der Waals surface area contributed by atoms with E-state index in [4.69, 9.17) is 86.7 Å². The molecule has 0 aliphatic rings. The summed E-state index contributed by atoms with van der Waals surface area (Å²) < 4.78 is 4.33. The molecule has 438 valence electrons. The molecule has 0 aromatic heterocycles. The molecule has 27 nitrogen and oxygen atoms in total. The normalized spacial score (nSPS) is 13.5. The third kappa shape index (κ3) is 52.3. The molecule has 2 aromatic carbocycles. The van der Waals surface area contributed by atoms with Crippen molar-refractivity contribution in [2.75, 3.05) is 13.1 Å². The van der Waals surface area contributed by atoms with Gasteiger partial charge in [0.15, 0.2) is 0 Å². The van der Waals surface area contributed by atoms with Gasteiger partial charge in [-0.05, 0) is 67.4 Å². The minimum absolute atomic E-state index is 0.0208. The highest BCUT2D eigenvalue weighted by Gasteiger charge is 2.20. The number of carbonyl (C=O) groups is 9. The Morgan fingerprint density at radius 1 is 0.461 bits per heavy atom. The lowest BCUT2D eigenvalue weighted by atomic mass is 10.0. The minimum atomic E-state index is -1.18. The van der Waals surface area contributed by atoms with Gasteiger partial charge in [0.1, 0.15) is 42.3 Å². The van der Waals surface area contributed by atoms with E-state index >= 15 is 0 Å². The molecule has 76 heavy (non-hydrogen) atoms. The van der Waals surface area contributed by atoms with Gasteiger partial charge < -0.3 is 97.2 Å². The van der Waals surface area contributed by atoms with Crippen molar-refractivity contribution in [3.05, 3.63) is 71.8 Å². The van der Waals surface area contributed by atoms with Gasteiger partial charge in [0.05, 0.1) is 19.2 Å². The average Bonchev–Trinajstić information content (AvgIpc) is 3.34. The number of hydrogen-bond acceptors (Lipinski definition) is 20. The number of carboxylic acids is 7. The van der Waals surface area contributed by atoms with E-state index in [0.29, 0.717) is 31.6 Å². The van der Waals surface area contributed by atoms with E-state index in [1.54, 1.807) is 13.8 Å². The predicted octanol–water partition coefficient (Wildman–Crippen LogP) is -0.578. The number of nitrogens with two attached hydrogens (primary N) is 9. The molecule has 0 heterocycles. The molecule has 0 amide bonds. The topological polar surface area (TPSA) is 559 Å². The van der Waals surface area contributed by atoms with Crippen LogP contribution in [0.25, 0.3) is 0 Å². The standard InChI is InChI=1S/2C9H11NO2.C8H16N2O3.2C6H13NO2.C5H11NO2.C4H9NO3.C2H5NO2/c2*10-8(9(11)12)6-7-4-2-1-3-5-7;1-5(2)3-6(10)8(12)13-7(11)4-9;1-4(2)3-5(7)6(8)9;1-3-4(2)5(7)6(8)9;1-3(2)4(6)5(7)8;1-2(6)3(5)4(7)8;3-1-2(4)5/h2*1-5,8H,6,10H2,(H,11,12);5-6H,3-4,9-10H2,1-2H3;2*4-5H,3,7H2,1-2H3,(H,8,9);3-4H,6H2,1-2H3,(H,7,8);2-3,6H,5H2,1H3,(H,7,8);1,3H2,(H,4,5)/t2*8-;6-;5-;4-,5-;4-;2-,3+;/m0000001./s1. The predicted molar refractivity (Wildman–Crippen MR) is 284 cm³/mol. The van der Waals surface area contributed by atoms with Crippen molar-refractivity contribution in [1.82, 2.24) is 0 Å². The Kier molecular flexibility index (Phi) is 51.2. The van der Waals surface area contributed by atoms with Crippen LogP contribution in [0, 0.1) is 23.7 Å². The van der Waals surface area contributed by atoms with Crippen LogP contribution in [0.4, 0.5) is 0 Å². The molecule has 0 spiro atoms. The molecule has 0 radical (unpaired) electrons. The van der Waals surface area contributed by atoms with Crippen molar-refractivity contribution >= 4 is 53.7 Å². The number of benzene rings is 2. The zero-order valence-electron chi connectivity index (χ0n) is 45.0. The first-order chi connectivity index (χ1) is 34.9. The maximum absolute atomic E-state index is 11.0. The number of aliphatic hydroxyl groups is 1. The van der Waals surface area contributed by atoms with Gasteiger partial charge >= 0.3 is 53.7 Å². The summed E-state index contributed by atoms with van der Waals surface area (Å²) in [5.74, 6) is -7.54. The molecule has 0 fully saturated rings. The van der Waals surface area contributed by atoms with Crippen molar-refractivity contribution in [3.63, 3.8) is 0 Å². The van der Waals surface area contributed by atoms with Crippen molar-refractivity contribution in [1.29, 1.82) is 0 Å². The van der Waals surface area contributed by atoms with E-state index in [-0.39, 0.29) is 30.8 Å². The van der Waals surface area contributed by atoms with Gasteiger partial charge in [-0.2, -0.15) is 0 Å². The number of aliphatic carboxylic acids is 7. The Morgan fingerprint density at radius 2 is 0.776 bits per heavy atom. The summed E-state index contributed by atoms with van der Waals surface area (Å²) in [4.78, 5) is 91.8. The van der Waals surface area contributed by atoms with Gasteiger partial charge in [0, 0.05) is 0 Å². The fourth-order valence-electron chi connectivity index (χ4n) is 4.34.